The molecule has 0 N–H and O–H groups in total. The minimum absolute atomic E-state index is 0.283. The Hall–Kier alpha value is -1.11. The summed E-state index contributed by atoms with van der Waals surface area (Å²) in [4.78, 5) is 11.3. The van der Waals surface area contributed by atoms with Gasteiger partial charge in [0.2, 0.25) is 0 Å². The zero-order valence-corrected chi connectivity index (χ0v) is 6.77. The first-order valence-electron chi connectivity index (χ1n) is 3.83. The van der Waals surface area contributed by atoms with Crippen LogP contribution in [0.2, 0.25) is 0 Å². The second kappa shape index (κ2) is 1.94. The molecule has 2 aliphatic rings. The van der Waals surface area contributed by atoms with Crippen LogP contribution in [0.5, 0.6) is 0 Å². The molecule has 0 aromatic heterocycles. The van der Waals surface area contributed by atoms with Gasteiger partial charge in [-0.25, -0.2) is 0 Å². The number of carbonyl (C=O) groups is 1. The van der Waals surface area contributed by atoms with E-state index < -0.39 is 0 Å². The number of ketones is 1. The Morgan fingerprint density at radius 3 is 2.55 bits per heavy atom. The predicted molar refractivity (Wildman–Crippen MR) is 44.2 cm³/mol. The molecule has 56 valence electrons. The molecule has 0 atom stereocenters. The Labute approximate surface area is 66.1 Å². The zero-order chi connectivity index (χ0) is 8.01. The van der Waals surface area contributed by atoms with E-state index in [1.54, 1.807) is 0 Å². The van der Waals surface area contributed by atoms with Crippen LogP contribution in [-0.4, -0.2) is 5.78 Å². The fourth-order valence-electron chi connectivity index (χ4n) is 1.63. The molecule has 0 spiro atoms. The average Bonchev–Trinajstić information content (AvgIpc) is 1.93. The predicted octanol–water partition coefficient (Wildman–Crippen LogP) is 2.16. The topological polar surface area (TPSA) is 17.1 Å². The second-order valence-electron chi connectivity index (χ2n) is 3.13. The monoisotopic (exact) mass is 146 g/mol. The summed E-state index contributed by atoms with van der Waals surface area (Å²) in [5.74, 6) is 0.283. The van der Waals surface area contributed by atoms with Crippen LogP contribution in [-0.2, 0) is 4.79 Å². The van der Waals surface area contributed by atoms with E-state index in [1.807, 2.05) is 13.0 Å². The van der Waals surface area contributed by atoms with E-state index in [4.69, 9.17) is 0 Å². The summed E-state index contributed by atoms with van der Waals surface area (Å²) in [7, 11) is 0. The summed E-state index contributed by atoms with van der Waals surface area (Å²) < 4.78 is 0. The minimum Gasteiger partial charge on any atom is -0.294 e. The molecule has 0 saturated heterocycles. The Kier molecular flexibility index (Phi) is 1.16. The molecule has 2 rings (SSSR count). The van der Waals surface area contributed by atoms with Crippen LogP contribution < -0.4 is 0 Å². The average molecular weight is 146 g/mol. The Morgan fingerprint density at radius 2 is 2.00 bits per heavy atom. The summed E-state index contributed by atoms with van der Waals surface area (Å²) >= 11 is 0. The Morgan fingerprint density at radius 1 is 1.27 bits per heavy atom. The summed E-state index contributed by atoms with van der Waals surface area (Å²) in [6.07, 6.45) is 4.68. The lowest BCUT2D eigenvalue weighted by atomic mass is 9.79. The van der Waals surface area contributed by atoms with Crippen molar-refractivity contribution in [3.63, 3.8) is 0 Å². The van der Waals surface area contributed by atoms with Gasteiger partial charge in [0.1, 0.15) is 0 Å². The fraction of sp³-hybridized carbons (Fsp3) is 0.300. The normalized spacial score (nSPS) is 22.2. The van der Waals surface area contributed by atoms with Crippen molar-refractivity contribution >= 4 is 5.78 Å². The highest BCUT2D eigenvalue weighted by atomic mass is 16.1. The lowest BCUT2D eigenvalue weighted by Crippen LogP contribution is -2.16. The second-order valence-corrected chi connectivity index (χ2v) is 3.13. The van der Waals surface area contributed by atoms with Gasteiger partial charge < -0.3 is 0 Å². The van der Waals surface area contributed by atoms with E-state index in [0.29, 0.717) is 6.42 Å². The lowest BCUT2D eigenvalue weighted by molar-refractivity contribution is -0.114. The van der Waals surface area contributed by atoms with E-state index >= 15 is 0 Å². The maximum absolute atomic E-state index is 11.3. The van der Waals surface area contributed by atoms with Gasteiger partial charge >= 0.3 is 0 Å². The smallest absolute Gasteiger partial charge is 0.167 e. The molecule has 0 aliphatic heterocycles. The standard InChI is InChI=1S/C10H10O/c1-6-3-4-9(11)10-7(2)5-8(6)10/h3,5H,4H2,1-2H3. The molecule has 0 bridgehead atoms. The van der Waals surface area contributed by atoms with Crippen LogP contribution in [0, 0.1) is 0 Å². The summed E-state index contributed by atoms with van der Waals surface area (Å²) in [6.45, 7) is 4.06. The molecule has 0 fully saturated rings. The third-order valence-corrected chi connectivity index (χ3v) is 2.32. The van der Waals surface area contributed by atoms with Gasteiger partial charge in [-0.1, -0.05) is 12.2 Å². The van der Waals surface area contributed by atoms with E-state index in [2.05, 4.69) is 13.0 Å². The van der Waals surface area contributed by atoms with E-state index in [0.717, 1.165) is 11.1 Å². The molecule has 2 aliphatic carbocycles. The Bertz CT molecular complexity index is 327. The number of hydrogen-bond donors (Lipinski definition) is 0. The van der Waals surface area contributed by atoms with Gasteiger partial charge in [-0.3, -0.25) is 4.79 Å². The highest BCUT2D eigenvalue weighted by molar-refractivity contribution is 6.06. The van der Waals surface area contributed by atoms with Crippen LogP contribution in [0.25, 0.3) is 0 Å². The van der Waals surface area contributed by atoms with Crippen LogP contribution in [0.1, 0.15) is 20.3 Å². The van der Waals surface area contributed by atoms with Crippen LogP contribution in [0.4, 0.5) is 0 Å². The van der Waals surface area contributed by atoms with Crippen molar-refractivity contribution < 1.29 is 4.79 Å². The largest absolute Gasteiger partial charge is 0.294 e. The summed E-state index contributed by atoms with van der Waals surface area (Å²) in [5, 5.41) is 0. The van der Waals surface area contributed by atoms with Gasteiger partial charge in [0.05, 0.1) is 0 Å². The number of allylic oxidation sites excluding steroid dienone is 6. The maximum atomic E-state index is 11.3. The van der Waals surface area contributed by atoms with Crippen LogP contribution in [0.3, 0.4) is 0 Å². The fourth-order valence-corrected chi connectivity index (χ4v) is 1.63. The van der Waals surface area contributed by atoms with Crippen LogP contribution in [0.15, 0.2) is 34.4 Å². The minimum atomic E-state index is 0.283. The van der Waals surface area contributed by atoms with E-state index in [9.17, 15) is 4.79 Å². The molecule has 1 heteroatoms. The number of carbonyl (C=O) groups excluding carboxylic acids is 1. The molecular weight excluding hydrogens is 136 g/mol. The molecule has 0 amide bonds. The van der Waals surface area contributed by atoms with Crippen molar-refractivity contribution in [1.82, 2.24) is 0 Å². The first kappa shape index (κ1) is 6.59. The third-order valence-electron chi connectivity index (χ3n) is 2.32. The van der Waals surface area contributed by atoms with Gasteiger partial charge in [-0.15, -0.1) is 0 Å². The van der Waals surface area contributed by atoms with Crippen molar-refractivity contribution in [3.05, 3.63) is 34.4 Å². The molecule has 0 aromatic carbocycles. The summed E-state index contributed by atoms with van der Waals surface area (Å²) in [5.41, 5.74) is 4.55. The Balaban J connectivity index is 2.45. The molecule has 11 heavy (non-hydrogen) atoms. The van der Waals surface area contributed by atoms with Gasteiger partial charge in [0.15, 0.2) is 5.78 Å². The van der Waals surface area contributed by atoms with Gasteiger partial charge in [0.25, 0.3) is 0 Å². The van der Waals surface area contributed by atoms with Gasteiger partial charge in [-0.05, 0) is 30.6 Å². The molecular formula is C10H10O. The summed E-state index contributed by atoms with van der Waals surface area (Å²) in [6, 6.07) is 0. The van der Waals surface area contributed by atoms with E-state index in [-0.39, 0.29) is 5.78 Å². The molecule has 0 radical (unpaired) electrons. The van der Waals surface area contributed by atoms with Gasteiger partial charge in [0, 0.05) is 12.0 Å². The van der Waals surface area contributed by atoms with Crippen molar-refractivity contribution in [1.29, 1.82) is 0 Å². The number of rotatable bonds is 0. The van der Waals surface area contributed by atoms with Crippen molar-refractivity contribution in [2.24, 2.45) is 0 Å². The first-order chi connectivity index (χ1) is 5.20. The molecule has 0 unspecified atom stereocenters. The van der Waals surface area contributed by atoms with Crippen molar-refractivity contribution in [2.45, 2.75) is 20.3 Å². The SMILES string of the molecule is CC1=CCC(=O)C2=C1C=C2C. The molecule has 0 heterocycles. The quantitative estimate of drug-likeness (QED) is 0.511. The maximum Gasteiger partial charge on any atom is 0.167 e. The highest BCUT2D eigenvalue weighted by Gasteiger charge is 2.26. The first-order valence-corrected chi connectivity index (χ1v) is 3.83. The molecule has 0 aromatic rings. The van der Waals surface area contributed by atoms with Gasteiger partial charge in [-0.2, -0.15) is 0 Å². The third kappa shape index (κ3) is 0.739. The molecule has 1 nitrogen and oxygen atoms in total. The van der Waals surface area contributed by atoms with Crippen LogP contribution >= 0.6 is 0 Å². The van der Waals surface area contributed by atoms with Crippen molar-refractivity contribution in [2.75, 3.05) is 0 Å². The number of Topliss-reactive ketones (excluding diaryl/α,β-unsaturated/α-hetero) is 1. The zero-order valence-electron chi connectivity index (χ0n) is 6.77. The number of hydrogen-bond acceptors (Lipinski definition) is 1. The highest BCUT2D eigenvalue weighted by Crippen LogP contribution is 2.36. The lowest BCUT2D eigenvalue weighted by Gasteiger charge is -2.24. The van der Waals surface area contributed by atoms with Crippen molar-refractivity contribution in [3.8, 4) is 0 Å². The van der Waals surface area contributed by atoms with E-state index in [1.165, 1.54) is 11.1 Å². The molecule has 0 saturated carbocycles.